The van der Waals surface area contributed by atoms with Gasteiger partial charge in [0.15, 0.2) is 9.84 Å². The highest BCUT2D eigenvalue weighted by Gasteiger charge is 2.37. The topological polar surface area (TPSA) is 72.0 Å². The Morgan fingerprint density at radius 3 is 2.88 bits per heavy atom. The van der Waals surface area contributed by atoms with E-state index >= 15 is 0 Å². The summed E-state index contributed by atoms with van der Waals surface area (Å²) in [5.41, 5.74) is 0.504. The fourth-order valence-electron chi connectivity index (χ4n) is 1.88. The van der Waals surface area contributed by atoms with Crippen LogP contribution in [0.5, 0.6) is 0 Å². The Bertz CT molecular complexity index is 460. The second-order valence-corrected chi connectivity index (χ2v) is 6.64. The van der Waals surface area contributed by atoms with Crippen molar-refractivity contribution < 1.29 is 8.42 Å². The van der Waals surface area contributed by atoms with Gasteiger partial charge in [-0.3, -0.25) is 9.97 Å². The number of hydrogen-bond acceptors (Lipinski definition) is 5. The maximum atomic E-state index is 11.4. The summed E-state index contributed by atoms with van der Waals surface area (Å²) in [6.45, 7) is 2.49. The van der Waals surface area contributed by atoms with Gasteiger partial charge in [0.1, 0.15) is 0 Å². The van der Waals surface area contributed by atoms with Gasteiger partial charge in [0, 0.05) is 30.7 Å². The Balaban J connectivity index is 1.96. The van der Waals surface area contributed by atoms with E-state index in [-0.39, 0.29) is 17.0 Å². The highest BCUT2D eigenvalue weighted by molar-refractivity contribution is 7.91. The lowest BCUT2D eigenvalue weighted by molar-refractivity contribution is 0.393. The van der Waals surface area contributed by atoms with Gasteiger partial charge >= 0.3 is 0 Å². The van der Waals surface area contributed by atoms with Crippen molar-refractivity contribution in [2.75, 3.05) is 11.5 Å². The molecule has 2 heterocycles. The van der Waals surface area contributed by atoms with Crippen LogP contribution in [0.15, 0.2) is 18.6 Å². The molecule has 1 aromatic heterocycles. The molecule has 0 aromatic carbocycles. The Hall–Kier alpha value is -1.01. The van der Waals surface area contributed by atoms with Crippen LogP contribution in [-0.2, 0) is 16.4 Å². The zero-order valence-electron chi connectivity index (χ0n) is 9.18. The summed E-state index contributed by atoms with van der Waals surface area (Å²) in [5, 5.41) is 3.25. The molecule has 0 spiro atoms. The standard InChI is InChI=1S/C10H15N3O2S/c1-10(2-5-16(14,15)8-10)13-7-9-6-11-3-4-12-9/h3-4,6,13H,2,5,7-8H2,1H3. The second kappa shape index (κ2) is 4.10. The highest BCUT2D eigenvalue weighted by Crippen LogP contribution is 2.22. The zero-order chi connectivity index (χ0) is 11.6. The summed E-state index contributed by atoms with van der Waals surface area (Å²) in [4.78, 5) is 8.09. The molecule has 1 aromatic rings. The average Bonchev–Trinajstić information content (AvgIpc) is 2.53. The van der Waals surface area contributed by atoms with E-state index < -0.39 is 9.84 Å². The third kappa shape index (κ3) is 2.76. The predicted octanol–water partition coefficient (Wildman–Crippen LogP) is 0.143. The van der Waals surface area contributed by atoms with Crippen LogP contribution in [0.1, 0.15) is 19.0 Å². The van der Waals surface area contributed by atoms with Crippen molar-refractivity contribution in [3.05, 3.63) is 24.3 Å². The molecular weight excluding hydrogens is 226 g/mol. The maximum absolute atomic E-state index is 11.4. The number of rotatable bonds is 3. The van der Waals surface area contributed by atoms with Crippen LogP contribution >= 0.6 is 0 Å². The minimum Gasteiger partial charge on any atom is -0.305 e. The first-order valence-corrected chi connectivity index (χ1v) is 7.02. The molecule has 5 nitrogen and oxygen atoms in total. The van der Waals surface area contributed by atoms with Crippen LogP contribution in [-0.4, -0.2) is 35.4 Å². The van der Waals surface area contributed by atoms with Crippen molar-refractivity contribution in [1.29, 1.82) is 0 Å². The van der Waals surface area contributed by atoms with Crippen molar-refractivity contribution in [3.8, 4) is 0 Å². The molecule has 0 radical (unpaired) electrons. The van der Waals surface area contributed by atoms with Gasteiger partial charge in [-0.15, -0.1) is 0 Å². The molecule has 1 N–H and O–H groups in total. The zero-order valence-corrected chi connectivity index (χ0v) is 10.00. The van der Waals surface area contributed by atoms with Crippen molar-refractivity contribution in [3.63, 3.8) is 0 Å². The van der Waals surface area contributed by atoms with Gasteiger partial charge < -0.3 is 5.32 Å². The quantitative estimate of drug-likeness (QED) is 0.815. The van der Waals surface area contributed by atoms with Crippen molar-refractivity contribution in [1.82, 2.24) is 15.3 Å². The molecule has 1 fully saturated rings. The van der Waals surface area contributed by atoms with Gasteiger partial charge in [-0.1, -0.05) is 0 Å². The van der Waals surface area contributed by atoms with Crippen LogP contribution in [0.25, 0.3) is 0 Å². The first kappa shape index (κ1) is 11.5. The molecular formula is C10H15N3O2S. The van der Waals surface area contributed by atoms with E-state index in [0.29, 0.717) is 13.0 Å². The van der Waals surface area contributed by atoms with Gasteiger partial charge in [0.05, 0.1) is 17.2 Å². The Kier molecular flexibility index (Phi) is 2.94. The number of nitrogens with zero attached hydrogens (tertiary/aromatic N) is 2. The van der Waals surface area contributed by atoms with E-state index in [0.717, 1.165) is 5.69 Å². The minimum atomic E-state index is -2.86. The van der Waals surface area contributed by atoms with E-state index in [1.54, 1.807) is 18.6 Å². The van der Waals surface area contributed by atoms with Crippen molar-refractivity contribution >= 4 is 9.84 Å². The monoisotopic (exact) mass is 241 g/mol. The van der Waals surface area contributed by atoms with E-state index in [4.69, 9.17) is 0 Å². The highest BCUT2D eigenvalue weighted by atomic mass is 32.2. The normalized spacial score (nSPS) is 28.1. The smallest absolute Gasteiger partial charge is 0.152 e. The summed E-state index contributed by atoms with van der Waals surface area (Å²) >= 11 is 0. The fraction of sp³-hybridized carbons (Fsp3) is 0.600. The largest absolute Gasteiger partial charge is 0.305 e. The second-order valence-electron chi connectivity index (χ2n) is 4.45. The Morgan fingerprint density at radius 1 is 1.50 bits per heavy atom. The molecule has 1 atom stereocenters. The van der Waals surface area contributed by atoms with Crippen LogP contribution < -0.4 is 5.32 Å². The van der Waals surface area contributed by atoms with Gasteiger partial charge in [0.25, 0.3) is 0 Å². The summed E-state index contributed by atoms with van der Waals surface area (Å²) in [7, 11) is -2.86. The fourth-order valence-corrected chi connectivity index (χ4v) is 4.00. The molecule has 0 aliphatic carbocycles. The summed E-state index contributed by atoms with van der Waals surface area (Å²) in [6.07, 6.45) is 5.59. The Labute approximate surface area is 95.2 Å². The van der Waals surface area contributed by atoms with Crippen molar-refractivity contribution in [2.45, 2.75) is 25.4 Å². The van der Waals surface area contributed by atoms with E-state index in [9.17, 15) is 8.42 Å². The third-order valence-corrected chi connectivity index (χ3v) is 4.72. The first-order valence-electron chi connectivity index (χ1n) is 5.20. The van der Waals surface area contributed by atoms with E-state index in [2.05, 4.69) is 15.3 Å². The van der Waals surface area contributed by atoms with Gasteiger partial charge in [-0.05, 0) is 13.3 Å². The van der Waals surface area contributed by atoms with E-state index in [1.807, 2.05) is 6.92 Å². The van der Waals surface area contributed by atoms with Gasteiger partial charge in [-0.2, -0.15) is 0 Å². The molecule has 0 amide bonds. The lowest BCUT2D eigenvalue weighted by atomic mass is 10.0. The number of hydrogen-bond donors (Lipinski definition) is 1. The van der Waals surface area contributed by atoms with Crippen LogP contribution in [0.3, 0.4) is 0 Å². The predicted molar refractivity (Wildman–Crippen MR) is 60.5 cm³/mol. The molecule has 1 aliphatic rings. The Morgan fingerprint density at radius 2 is 2.31 bits per heavy atom. The van der Waals surface area contributed by atoms with E-state index in [1.165, 1.54) is 0 Å². The van der Waals surface area contributed by atoms with Crippen LogP contribution in [0, 0.1) is 0 Å². The van der Waals surface area contributed by atoms with Gasteiger partial charge in [0.2, 0.25) is 0 Å². The molecule has 1 saturated heterocycles. The molecule has 0 bridgehead atoms. The van der Waals surface area contributed by atoms with Crippen LogP contribution in [0.4, 0.5) is 0 Å². The van der Waals surface area contributed by atoms with Crippen molar-refractivity contribution in [2.24, 2.45) is 0 Å². The lowest BCUT2D eigenvalue weighted by Crippen LogP contribution is -2.43. The molecule has 88 valence electrons. The third-order valence-electron chi connectivity index (χ3n) is 2.82. The average molecular weight is 241 g/mol. The maximum Gasteiger partial charge on any atom is 0.152 e. The number of aromatic nitrogens is 2. The molecule has 2 rings (SSSR count). The molecule has 1 aliphatic heterocycles. The number of sulfone groups is 1. The molecule has 0 saturated carbocycles. The molecule has 6 heteroatoms. The number of nitrogens with one attached hydrogen (secondary N) is 1. The SMILES string of the molecule is CC1(NCc2cnccn2)CCS(=O)(=O)C1. The van der Waals surface area contributed by atoms with Crippen LogP contribution in [0.2, 0.25) is 0 Å². The lowest BCUT2D eigenvalue weighted by Gasteiger charge is -2.23. The molecule has 16 heavy (non-hydrogen) atoms. The molecule has 1 unspecified atom stereocenters. The summed E-state index contributed by atoms with van der Waals surface area (Å²) < 4.78 is 22.8. The summed E-state index contributed by atoms with van der Waals surface area (Å²) in [6, 6.07) is 0. The van der Waals surface area contributed by atoms with Gasteiger partial charge in [-0.25, -0.2) is 8.42 Å². The first-order chi connectivity index (χ1) is 7.49. The minimum absolute atomic E-state index is 0.209. The summed E-state index contributed by atoms with van der Waals surface area (Å²) in [5.74, 6) is 0.483.